The first kappa shape index (κ1) is 7.94. The summed E-state index contributed by atoms with van der Waals surface area (Å²) in [7, 11) is 0. The third-order valence-corrected chi connectivity index (χ3v) is 2.73. The monoisotopic (exact) mass is 189 g/mol. The number of aromatic nitrogens is 3. The summed E-state index contributed by atoms with van der Waals surface area (Å²) in [5.41, 5.74) is 1.44. The van der Waals surface area contributed by atoms with Crippen LogP contribution in [-0.2, 0) is 6.42 Å². The molecule has 14 heavy (non-hydrogen) atoms. The highest BCUT2D eigenvalue weighted by Gasteiger charge is 2.40. The molecule has 0 aromatic carbocycles. The Morgan fingerprint density at radius 1 is 1.43 bits per heavy atom. The van der Waals surface area contributed by atoms with Crippen LogP contribution in [-0.4, -0.2) is 25.1 Å². The van der Waals surface area contributed by atoms with Crippen LogP contribution >= 0.6 is 0 Å². The lowest BCUT2D eigenvalue weighted by atomic mass is 10.2. The van der Waals surface area contributed by atoms with Gasteiger partial charge in [-0.05, 0) is 12.8 Å². The SMILES string of the molecule is OC1(Cc2cnc3cnccn23)CC1. The van der Waals surface area contributed by atoms with Crippen LogP contribution in [0, 0.1) is 0 Å². The fraction of sp³-hybridized carbons (Fsp3) is 0.400. The zero-order valence-corrected chi connectivity index (χ0v) is 7.72. The third kappa shape index (κ3) is 1.19. The molecule has 0 saturated heterocycles. The molecule has 3 rings (SSSR count). The lowest BCUT2D eigenvalue weighted by Gasteiger charge is -2.05. The van der Waals surface area contributed by atoms with Gasteiger partial charge in [-0.1, -0.05) is 0 Å². The van der Waals surface area contributed by atoms with Crippen LogP contribution in [0.4, 0.5) is 0 Å². The molecular weight excluding hydrogens is 178 g/mol. The minimum absolute atomic E-state index is 0.459. The molecule has 72 valence electrons. The van der Waals surface area contributed by atoms with E-state index in [2.05, 4.69) is 9.97 Å². The van der Waals surface area contributed by atoms with Crippen molar-refractivity contribution in [1.29, 1.82) is 0 Å². The Morgan fingerprint density at radius 2 is 2.29 bits per heavy atom. The van der Waals surface area contributed by atoms with Crippen molar-refractivity contribution in [2.75, 3.05) is 0 Å². The second kappa shape index (κ2) is 2.54. The molecule has 2 heterocycles. The maximum atomic E-state index is 9.80. The van der Waals surface area contributed by atoms with Gasteiger partial charge in [0.15, 0.2) is 5.65 Å². The largest absolute Gasteiger partial charge is 0.389 e. The van der Waals surface area contributed by atoms with Crippen LogP contribution < -0.4 is 0 Å². The molecule has 0 spiro atoms. The molecule has 0 bridgehead atoms. The average molecular weight is 189 g/mol. The normalized spacial score (nSPS) is 18.6. The van der Waals surface area contributed by atoms with Gasteiger partial charge in [-0.3, -0.25) is 4.98 Å². The van der Waals surface area contributed by atoms with Crippen molar-refractivity contribution in [1.82, 2.24) is 14.4 Å². The quantitative estimate of drug-likeness (QED) is 0.760. The summed E-state index contributed by atoms with van der Waals surface area (Å²) in [6.45, 7) is 0. The van der Waals surface area contributed by atoms with E-state index in [9.17, 15) is 5.11 Å². The molecule has 1 saturated carbocycles. The standard InChI is InChI=1S/C10H11N3O/c14-10(1-2-10)5-8-6-12-9-7-11-3-4-13(8)9/h3-4,6-7,14H,1-2,5H2. The molecule has 0 unspecified atom stereocenters. The molecule has 0 radical (unpaired) electrons. The molecule has 4 heteroatoms. The number of imidazole rings is 1. The lowest BCUT2D eigenvalue weighted by molar-refractivity contribution is 0.149. The van der Waals surface area contributed by atoms with Crippen LogP contribution in [0.25, 0.3) is 5.65 Å². The second-order valence-electron chi connectivity index (χ2n) is 3.96. The van der Waals surface area contributed by atoms with Crippen molar-refractivity contribution < 1.29 is 5.11 Å². The van der Waals surface area contributed by atoms with Gasteiger partial charge in [-0.15, -0.1) is 0 Å². The van der Waals surface area contributed by atoms with Gasteiger partial charge in [0, 0.05) is 30.7 Å². The fourth-order valence-electron chi connectivity index (χ4n) is 1.68. The van der Waals surface area contributed by atoms with Gasteiger partial charge >= 0.3 is 0 Å². The highest BCUT2D eigenvalue weighted by Crippen LogP contribution is 2.38. The second-order valence-corrected chi connectivity index (χ2v) is 3.96. The van der Waals surface area contributed by atoms with Gasteiger partial charge in [-0.25, -0.2) is 4.98 Å². The van der Waals surface area contributed by atoms with Crippen molar-refractivity contribution in [3.05, 3.63) is 30.5 Å². The lowest BCUT2D eigenvalue weighted by Crippen LogP contribution is -2.12. The third-order valence-electron chi connectivity index (χ3n) is 2.73. The average Bonchev–Trinajstić information content (AvgIpc) is 2.77. The zero-order valence-electron chi connectivity index (χ0n) is 7.72. The van der Waals surface area contributed by atoms with Crippen LogP contribution in [0.2, 0.25) is 0 Å². The van der Waals surface area contributed by atoms with Gasteiger partial charge in [0.2, 0.25) is 0 Å². The highest BCUT2D eigenvalue weighted by atomic mass is 16.3. The number of fused-ring (bicyclic) bond motifs is 1. The summed E-state index contributed by atoms with van der Waals surface area (Å²) in [4.78, 5) is 8.21. The topological polar surface area (TPSA) is 50.4 Å². The predicted octanol–water partition coefficient (Wildman–Crippen LogP) is 0.797. The highest BCUT2D eigenvalue weighted by molar-refractivity contribution is 5.37. The van der Waals surface area contributed by atoms with E-state index in [0.717, 1.165) is 24.2 Å². The van der Waals surface area contributed by atoms with E-state index in [4.69, 9.17) is 0 Å². The minimum atomic E-state index is -0.459. The number of hydrogen-bond acceptors (Lipinski definition) is 3. The Morgan fingerprint density at radius 3 is 3.07 bits per heavy atom. The Hall–Kier alpha value is -1.42. The molecule has 0 aliphatic heterocycles. The first-order valence-electron chi connectivity index (χ1n) is 4.75. The summed E-state index contributed by atoms with van der Waals surface area (Å²) in [6.07, 6.45) is 9.65. The van der Waals surface area contributed by atoms with Crippen LogP contribution in [0.3, 0.4) is 0 Å². The Kier molecular flexibility index (Phi) is 1.44. The van der Waals surface area contributed by atoms with Crippen molar-refractivity contribution in [2.24, 2.45) is 0 Å². The first-order valence-corrected chi connectivity index (χ1v) is 4.75. The van der Waals surface area contributed by atoms with Crippen molar-refractivity contribution >= 4 is 5.65 Å². The van der Waals surface area contributed by atoms with Crippen LogP contribution in [0.5, 0.6) is 0 Å². The van der Waals surface area contributed by atoms with Gasteiger partial charge in [0.1, 0.15) is 0 Å². The number of aliphatic hydroxyl groups is 1. The fourth-order valence-corrected chi connectivity index (χ4v) is 1.68. The van der Waals surface area contributed by atoms with Crippen LogP contribution in [0.15, 0.2) is 24.8 Å². The van der Waals surface area contributed by atoms with Crippen molar-refractivity contribution in [3.8, 4) is 0 Å². The Bertz CT molecular complexity index is 473. The molecular formula is C10H11N3O. The van der Waals surface area contributed by atoms with E-state index in [0.29, 0.717) is 6.42 Å². The number of rotatable bonds is 2. The van der Waals surface area contributed by atoms with E-state index in [1.165, 1.54) is 0 Å². The first-order chi connectivity index (χ1) is 6.77. The molecule has 1 fully saturated rings. The van der Waals surface area contributed by atoms with Gasteiger partial charge < -0.3 is 9.51 Å². The number of nitrogens with zero attached hydrogens (tertiary/aromatic N) is 3. The van der Waals surface area contributed by atoms with Crippen molar-refractivity contribution in [3.63, 3.8) is 0 Å². The van der Waals surface area contributed by atoms with E-state index in [1.807, 2.05) is 16.8 Å². The molecule has 2 aromatic rings. The van der Waals surface area contributed by atoms with E-state index >= 15 is 0 Å². The van der Waals surface area contributed by atoms with Gasteiger partial charge in [0.25, 0.3) is 0 Å². The molecule has 1 aliphatic carbocycles. The summed E-state index contributed by atoms with van der Waals surface area (Å²) >= 11 is 0. The van der Waals surface area contributed by atoms with Gasteiger partial charge in [-0.2, -0.15) is 0 Å². The van der Waals surface area contributed by atoms with E-state index in [1.54, 1.807) is 12.4 Å². The molecule has 1 aliphatic rings. The maximum Gasteiger partial charge on any atom is 0.155 e. The minimum Gasteiger partial charge on any atom is -0.389 e. The van der Waals surface area contributed by atoms with Gasteiger partial charge in [0.05, 0.1) is 11.8 Å². The van der Waals surface area contributed by atoms with E-state index < -0.39 is 5.60 Å². The molecule has 0 amide bonds. The predicted molar refractivity (Wildman–Crippen MR) is 50.9 cm³/mol. The van der Waals surface area contributed by atoms with Crippen LogP contribution in [0.1, 0.15) is 18.5 Å². The summed E-state index contributed by atoms with van der Waals surface area (Å²) < 4.78 is 1.98. The summed E-state index contributed by atoms with van der Waals surface area (Å²) in [5, 5.41) is 9.80. The number of hydrogen-bond donors (Lipinski definition) is 1. The Balaban J connectivity index is 2.04. The summed E-state index contributed by atoms with van der Waals surface area (Å²) in [6, 6.07) is 0. The molecule has 0 atom stereocenters. The Labute approximate surface area is 81.2 Å². The molecule has 2 aromatic heterocycles. The zero-order chi connectivity index (χ0) is 9.60. The molecule has 1 N–H and O–H groups in total. The summed E-state index contributed by atoms with van der Waals surface area (Å²) in [5.74, 6) is 0. The van der Waals surface area contributed by atoms with E-state index in [-0.39, 0.29) is 0 Å². The molecule has 4 nitrogen and oxygen atoms in total. The smallest absolute Gasteiger partial charge is 0.155 e. The maximum absolute atomic E-state index is 9.80. The van der Waals surface area contributed by atoms with Crippen molar-refractivity contribution in [2.45, 2.75) is 24.9 Å².